The van der Waals surface area contributed by atoms with E-state index in [0.717, 1.165) is 16.7 Å². The molecule has 0 radical (unpaired) electrons. The van der Waals surface area contributed by atoms with Crippen LogP contribution in [0.15, 0.2) is 34.9 Å². The van der Waals surface area contributed by atoms with Crippen LogP contribution in [0.1, 0.15) is 31.1 Å². The van der Waals surface area contributed by atoms with Crippen LogP contribution in [0.4, 0.5) is 0 Å². The lowest BCUT2D eigenvalue weighted by Crippen LogP contribution is -2.18. The van der Waals surface area contributed by atoms with Crippen molar-refractivity contribution in [2.24, 2.45) is 0 Å². The highest BCUT2D eigenvalue weighted by Gasteiger charge is 2.13. The summed E-state index contributed by atoms with van der Waals surface area (Å²) in [4.78, 5) is 0. The molecule has 0 saturated heterocycles. The average molecular weight is 308 g/mol. The van der Waals surface area contributed by atoms with Crippen molar-refractivity contribution < 1.29 is 0 Å². The molecule has 1 aromatic carbocycles. The van der Waals surface area contributed by atoms with Gasteiger partial charge in [0.15, 0.2) is 0 Å². The maximum Gasteiger partial charge on any atom is 0.0660 e. The molecular formula is C14H18BrN3. The Morgan fingerprint density at radius 3 is 2.89 bits per heavy atom. The molecule has 0 saturated carbocycles. The van der Waals surface area contributed by atoms with E-state index in [1.807, 2.05) is 23.0 Å². The molecule has 0 fully saturated rings. The molecule has 3 nitrogen and oxygen atoms in total. The topological polar surface area (TPSA) is 29.9 Å². The monoisotopic (exact) mass is 307 g/mol. The van der Waals surface area contributed by atoms with Crippen LogP contribution in [-0.4, -0.2) is 16.3 Å². The first kappa shape index (κ1) is 13.3. The van der Waals surface area contributed by atoms with E-state index < -0.39 is 0 Å². The summed E-state index contributed by atoms with van der Waals surface area (Å²) in [5.74, 6) is 0. The van der Waals surface area contributed by atoms with Crippen molar-refractivity contribution in [3.8, 4) is 5.69 Å². The molecule has 96 valence electrons. The van der Waals surface area contributed by atoms with Crippen molar-refractivity contribution in [2.45, 2.75) is 26.8 Å². The van der Waals surface area contributed by atoms with E-state index in [4.69, 9.17) is 0 Å². The number of nitrogens with one attached hydrogen (secondary N) is 1. The van der Waals surface area contributed by atoms with Gasteiger partial charge in [0.1, 0.15) is 0 Å². The number of rotatable bonds is 4. The van der Waals surface area contributed by atoms with Gasteiger partial charge in [0.05, 0.1) is 11.9 Å². The SMILES string of the molecule is CCNC(C)c1cnn(-c2cccc(Br)c2)c1C. The van der Waals surface area contributed by atoms with Gasteiger partial charge in [0, 0.05) is 21.8 Å². The number of hydrogen-bond donors (Lipinski definition) is 1. The average Bonchev–Trinajstić information content (AvgIpc) is 2.71. The third-order valence-corrected chi connectivity index (χ3v) is 3.57. The summed E-state index contributed by atoms with van der Waals surface area (Å²) in [6.45, 7) is 7.35. The van der Waals surface area contributed by atoms with Gasteiger partial charge in [-0.3, -0.25) is 0 Å². The Labute approximate surface area is 116 Å². The molecule has 1 heterocycles. The third-order valence-electron chi connectivity index (χ3n) is 3.08. The smallest absolute Gasteiger partial charge is 0.0660 e. The Bertz CT molecular complexity index is 534. The first-order chi connectivity index (χ1) is 8.63. The van der Waals surface area contributed by atoms with Crippen LogP contribution >= 0.6 is 15.9 Å². The van der Waals surface area contributed by atoms with E-state index in [-0.39, 0.29) is 0 Å². The summed E-state index contributed by atoms with van der Waals surface area (Å²) in [5, 5.41) is 7.90. The number of hydrogen-bond acceptors (Lipinski definition) is 2. The van der Waals surface area contributed by atoms with Crippen LogP contribution in [-0.2, 0) is 0 Å². The van der Waals surface area contributed by atoms with E-state index >= 15 is 0 Å². The number of benzene rings is 1. The second kappa shape index (κ2) is 5.67. The first-order valence-electron chi connectivity index (χ1n) is 6.17. The van der Waals surface area contributed by atoms with Crippen molar-refractivity contribution in [1.29, 1.82) is 0 Å². The second-order valence-corrected chi connectivity index (χ2v) is 5.27. The van der Waals surface area contributed by atoms with Gasteiger partial charge in [-0.25, -0.2) is 4.68 Å². The van der Waals surface area contributed by atoms with Crippen LogP contribution in [0.25, 0.3) is 5.69 Å². The molecule has 0 aliphatic rings. The standard InChI is InChI=1S/C14H18BrN3/c1-4-16-10(2)14-9-17-18(11(14)3)13-7-5-6-12(15)8-13/h5-10,16H,4H2,1-3H3. The Morgan fingerprint density at radius 2 is 2.22 bits per heavy atom. The molecule has 2 rings (SSSR count). The highest BCUT2D eigenvalue weighted by Crippen LogP contribution is 2.21. The molecular weight excluding hydrogens is 290 g/mol. The Kier molecular flexibility index (Phi) is 4.19. The van der Waals surface area contributed by atoms with E-state index in [9.17, 15) is 0 Å². The minimum atomic E-state index is 0.330. The summed E-state index contributed by atoms with van der Waals surface area (Å²) in [6.07, 6.45) is 1.95. The molecule has 1 atom stereocenters. The van der Waals surface area contributed by atoms with Gasteiger partial charge in [-0.2, -0.15) is 5.10 Å². The molecule has 0 aliphatic heterocycles. The molecule has 0 spiro atoms. The minimum Gasteiger partial charge on any atom is -0.310 e. The Morgan fingerprint density at radius 1 is 1.44 bits per heavy atom. The van der Waals surface area contributed by atoms with E-state index in [1.165, 1.54) is 11.3 Å². The Balaban J connectivity index is 2.36. The van der Waals surface area contributed by atoms with E-state index in [0.29, 0.717) is 6.04 Å². The summed E-state index contributed by atoms with van der Waals surface area (Å²) >= 11 is 3.49. The predicted octanol–water partition coefficient (Wildman–Crippen LogP) is 3.61. The molecule has 0 amide bonds. The predicted molar refractivity (Wildman–Crippen MR) is 78.1 cm³/mol. The van der Waals surface area contributed by atoms with Gasteiger partial charge in [-0.1, -0.05) is 28.9 Å². The van der Waals surface area contributed by atoms with Gasteiger partial charge in [-0.05, 0) is 38.6 Å². The lowest BCUT2D eigenvalue weighted by atomic mass is 10.1. The maximum absolute atomic E-state index is 4.49. The van der Waals surface area contributed by atoms with Crippen LogP contribution in [0.5, 0.6) is 0 Å². The second-order valence-electron chi connectivity index (χ2n) is 4.36. The summed E-state index contributed by atoms with van der Waals surface area (Å²) in [7, 11) is 0. The number of nitrogens with zero attached hydrogens (tertiary/aromatic N) is 2. The van der Waals surface area contributed by atoms with E-state index in [1.54, 1.807) is 0 Å². The number of aromatic nitrogens is 2. The fourth-order valence-corrected chi connectivity index (χ4v) is 2.52. The minimum absolute atomic E-state index is 0.330. The maximum atomic E-state index is 4.49. The van der Waals surface area contributed by atoms with Crippen LogP contribution < -0.4 is 5.32 Å². The van der Waals surface area contributed by atoms with Crippen LogP contribution in [0.2, 0.25) is 0 Å². The number of halogens is 1. The largest absolute Gasteiger partial charge is 0.310 e. The van der Waals surface area contributed by atoms with Crippen LogP contribution in [0.3, 0.4) is 0 Å². The third kappa shape index (κ3) is 2.65. The highest BCUT2D eigenvalue weighted by molar-refractivity contribution is 9.10. The van der Waals surface area contributed by atoms with Crippen molar-refractivity contribution >= 4 is 15.9 Å². The molecule has 4 heteroatoms. The van der Waals surface area contributed by atoms with Gasteiger partial charge >= 0.3 is 0 Å². The summed E-state index contributed by atoms with van der Waals surface area (Å²) < 4.78 is 3.05. The quantitative estimate of drug-likeness (QED) is 0.935. The van der Waals surface area contributed by atoms with E-state index in [2.05, 4.69) is 59.2 Å². The van der Waals surface area contributed by atoms with Crippen molar-refractivity contribution in [3.05, 3.63) is 46.2 Å². The van der Waals surface area contributed by atoms with Gasteiger partial charge in [0.2, 0.25) is 0 Å². The molecule has 2 aromatic rings. The summed E-state index contributed by atoms with van der Waals surface area (Å²) in [5.41, 5.74) is 3.51. The van der Waals surface area contributed by atoms with Crippen molar-refractivity contribution in [1.82, 2.24) is 15.1 Å². The molecule has 0 bridgehead atoms. The molecule has 1 aromatic heterocycles. The fourth-order valence-electron chi connectivity index (χ4n) is 2.13. The Hall–Kier alpha value is -1.13. The van der Waals surface area contributed by atoms with Crippen LogP contribution in [0, 0.1) is 6.92 Å². The first-order valence-corrected chi connectivity index (χ1v) is 6.96. The molecule has 18 heavy (non-hydrogen) atoms. The summed E-state index contributed by atoms with van der Waals surface area (Å²) in [6, 6.07) is 8.50. The molecule has 1 unspecified atom stereocenters. The fraction of sp³-hybridized carbons (Fsp3) is 0.357. The highest BCUT2D eigenvalue weighted by atomic mass is 79.9. The van der Waals surface area contributed by atoms with Crippen molar-refractivity contribution in [2.75, 3.05) is 6.54 Å². The molecule has 0 aliphatic carbocycles. The van der Waals surface area contributed by atoms with Gasteiger partial charge < -0.3 is 5.32 Å². The lowest BCUT2D eigenvalue weighted by molar-refractivity contribution is 0.594. The normalized spacial score (nSPS) is 12.7. The van der Waals surface area contributed by atoms with Gasteiger partial charge in [0.25, 0.3) is 0 Å². The zero-order valence-electron chi connectivity index (χ0n) is 10.9. The van der Waals surface area contributed by atoms with Crippen molar-refractivity contribution in [3.63, 3.8) is 0 Å². The molecule has 1 N–H and O–H groups in total. The zero-order chi connectivity index (χ0) is 13.1. The lowest BCUT2D eigenvalue weighted by Gasteiger charge is -2.12. The zero-order valence-corrected chi connectivity index (χ0v) is 12.5. The van der Waals surface area contributed by atoms with Gasteiger partial charge in [-0.15, -0.1) is 0 Å².